The van der Waals surface area contributed by atoms with Gasteiger partial charge in [0.05, 0.1) is 35.4 Å². The monoisotopic (exact) mass is 549 g/mol. The fourth-order valence-electron chi connectivity index (χ4n) is 4.85. The number of nitrogens with zero attached hydrogens (tertiary/aromatic N) is 5. The second kappa shape index (κ2) is 11.0. The maximum atomic E-state index is 13.4. The van der Waals surface area contributed by atoms with Crippen molar-refractivity contribution in [2.45, 2.75) is 24.7 Å². The van der Waals surface area contributed by atoms with Gasteiger partial charge < -0.3 is 20.7 Å². The van der Waals surface area contributed by atoms with Crippen molar-refractivity contribution in [3.8, 4) is 0 Å². The molecule has 2 atom stereocenters. The molecule has 2 fully saturated rings. The summed E-state index contributed by atoms with van der Waals surface area (Å²) in [4.78, 5) is 29.3. The molecule has 3 aromatic rings. The Bertz CT molecular complexity index is 1300. The first kappa shape index (κ1) is 26.5. The zero-order chi connectivity index (χ0) is 26.9. The van der Waals surface area contributed by atoms with E-state index in [0.29, 0.717) is 42.8 Å². The molecule has 2 aromatic heterocycles. The van der Waals surface area contributed by atoms with E-state index in [0.717, 1.165) is 37.7 Å². The quantitative estimate of drug-likeness (QED) is 0.483. The predicted octanol–water partition coefficient (Wildman–Crippen LogP) is 3.04. The Morgan fingerprint density at radius 2 is 1.89 bits per heavy atom. The number of halogens is 4. The number of alkyl halides is 3. The van der Waals surface area contributed by atoms with Crippen molar-refractivity contribution in [2.24, 2.45) is 5.73 Å². The third kappa shape index (κ3) is 5.68. The number of hydrogen-bond donors (Lipinski definition) is 2. The molecule has 0 aliphatic carbocycles. The van der Waals surface area contributed by atoms with Gasteiger partial charge in [0.1, 0.15) is 5.82 Å². The van der Waals surface area contributed by atoms with Crippen LogP contribution in [0.4, 0.5) is 19.0 Å². The Morgan fingerprint density at radius 3 is 2.55 bits per heavy atom. The third-order valence-corrected chi connectivity index (χ3v) is 7.15. The number of nitrogens with two attached hydrogens (primary N) is 1. The van der Waals surface area contributed by atoms with Crippen LogP contribution in [0.1, 0.15) is 34.2 Å². The summed E-state index contributed by atoms with van der Waals surface area (Å²) in [5.74, 6) is -0.838. The van der Waals surface area contributed by atoms with E-state index in [1.165, 1.54) is 0 Å². The van der Waals surface area contributed by atoms with Gasteiger partial charge in [0.15, 0.2) is 0 Å². The van der Waals surface area contributed by atoms with Crippen molar-refractivity contribution in [1.82, 2.24) is 25.2 Å². The minimum absolute atomic E-state index is 0.105. The average molecular weight is 550 g/mol. The van der Waals surface area contributed by atoms with Crippen LogP contribution < -0.4 is 16.0 Å². The highest BCUT2D eigenvalue weighted by Gasteiger charge is 2.35. The van der Waals surface area contributed by atoms with Crippen LogP contribution in [0.3, 0.4) is 0 Å². The Kier molecular flexibility index (Phi) is 7.66. The molecular weight excluding hydrogens is 523 g/mol. The lowest BCUT2D eigenvalue weighted by Gasteiger charge is -2.34. The topological polar surface area (TPSA) is 110 Å². The van der Waals surface area contributed by atoms with Gasteiger partial charge in [-0.2, -0.15) is 13.2 Å². The number of nitrogens with one attached hydrogen (secondary N) is 1. The Labute approximate surface area is 222 Å². The first-order valence-corrected chi connectivity index (χ1v) is 12.7. The third-order valence-electron chi connectivity index (χ3n) is 6.83. The van der Waals surface area contributed by atoms with Crippen LogP contribution in [-0.2, 0) is 10.9 Å². The summed E-state index contributed by atoms with van der Waals surface area (Å²) < 4.78 is 44.3. The summed E-state index contributed by atoms with van der Waals surface area (Å²) in [5, 5.41) is 3.78. The maximum absolute atomic E-state index is 13.4. The lowest BCUT2D eigenvalue weighted by Crippen LogP contribution is -2.44. The summed E-state index contributed by atoms with van der Waals surface area (Å²) >= 11 is 6.46. The number of benzene rings is 1. The molecule has 0 saturated carbocycles. The van der Waals surface area contributed by atoms with Crippen molar-refractivity contribution in [2.75, 3.05) is 50.8 Å². The molecule has 202 valence electrons. The number of anilines is 1. The molecule has 38 heavy (non-hydrogen) atoms. The number of ether oxygens (including phenoxy) is 1. The number of aromatic nitrogens is 3. The van der Waals surface area contributed by atoms with E-state index in [1.807, 2.05) is 17.0 Å². The van der Waals surface area contributed by atoms with Gasteiger partial charge in [-0.3, -0.25) is 9.69 Å². The summed E-state index contributed by atoms with van der Waals surface area (Å²) in [6.45, 7) is 3.67. The van der Waals surface area contributed by atoms with Gasteiger partial charge >= 0.3 is 6.18 Å². The lowest BCUT2D eigenvalue weighted by atomic mass is 10.1. The molecule has 5 rings (SSSR count). The summed E-state index contributed by atoms with van der Waals surface area (Å²) in [7, 11) is 0. The van der Waals surface area contributed by atoms with E-state index in [-0.39, 0.29) is 23.2 Å². The lowest BCUT2D eigenvalue weighted by molar-refractivity contribution is -0.145. The van der Waals surface area contributed by atoms with Gasteiger partial charge in [0, 0.05) is 62.1 Å². The van der Waals surface area contributed by atoms with E-state index in [1.54, 1.807) is 12.1 Å². The minimum Gasteiger partial charge on any atom is -0.379 e. The highest BCUT2D eigenvalue weighted by atomic mass is 35.5. The van der Waals surface area contributed by atoms with Crippen molar-refractivity contribution >= 4 is 34.2 Å². The summed E-state index contributed by atoms with van der Waals surface area (Å²) in [6, 6.07) is 6.73. The Morgan fingerprint density at radius 1 is 1.16 bits per heavy atom. The van der Waals surface area contributed by atoms with Crippen LogP contribution in [0.15, 0.2) is 36.7 Å². The fourth-order valence-corrected chi connectivity index (χ4v) is 5.10. The van der Waals surface area contributed by atoms with Gasteiger partial charge in [0.2, 0.25) is 5.82 Å². The largest absolute Gasteiger partial charge is 0.451 e. The number of fused-ring (bicyclic) bond motifs is 1. The highest BCUT2D eigenvalue weighted by Crippen LogP contribution is 2.30. The molecule has 2 aliphatic heterocycles. The smallest absolute Gasteiger partial charge is 0.379 e. The van der Waals surface area contributed by atoms with Crippen LogP contribution in [0, 0.1) is 0 Å². The molecule has 0 radical (unpaired) electrons. The van der Waals surface area contributed by atoms with Crippen molar-refractivity contribution in [3.05, 3.63) is 58.6 Å². The Hall–Kier alpha value is -3.06. The van der Waals surface area contributed by atoms with Gasteiger partial charge in [-0.25, -0.2) is 15.0 Å². The van der Waals surface area contributed by atoms with Crippen molar-refractivity contribution in [3.63, 3.8) is 0 Å². The number of amides is 1. The van der Waals surface area contributed by atoms with Crippen molar-refractivity contribution in [1.29, 1.82) is 0 Å². The maximum Gasteiger partial charge on any atom is 0.451 e. The Balaban J connectivity index is 1.38. The molecule has 1 aromatic carbocycles. The molecule has 0 bridgehead atoms. The molecule has 3 N–H and O–H groups in total. The van der Waals surface area contributed by atoms with Crippen molar-refractivity contribution < 1.29 is 22.7 Å². The molecular formula is C25H27ClF3N7O2. The molecule has 9 nitrogen and oxygen atoms in total. The molecule has 2 saturated heterocycles. The molecule has 0 spiro atoms. The molecule has 1 unspecified atom stereocenters. The summed E-state index contributed by atoms with van der Waals surface area (Å²) in [6.07, 6.45) is -1.44. The summed E-state index contributed by atoms with van der Waals surface area (Å²) in [5.41, 5.74) is 7.40. The number of carbonyl (C=O) groups is 1. The molecule has 2 aliphatic rings. The molecule has 13 heteroatoms. The standard InChI is InChI=1S/C25H27ClF3N7O2/c26-18-2-3-19-17(1-4-21(34-19)36-6-5-16(30)14-36)22(18)23(37)31-13-20(35-7-9-38-10-8-35)15-11-32-24(33-12-15)25(27,28)29/h1-4,11-12,16,20H,5-10,13-14,30H2,(H,31,37)/t16-,20?/m0/s1. The number of rotatable bonds is 6. The van der Waals surface area contributed by atoms with E-state index >= 15 is 0 Å². The van der Waals surface area contributed by atoms with Crippen LogP contribution in [0.25, 0.3) is 10.9 Å². The number of morpholine rings is 1. The second-order valence-electron chi connectivity index (χ2n) is 9.37. The molecule has 1 amide bonds. The zero-order valence-electron chi connectivity index (χ0n) is 20.4. The zero-order valence-corrected chi connectivity index (χ0v) is 21.2. The second-order valence-corrected chi connectivity index (χ2v) is 9.77. The van der Waals surface area contributed by atoms with Gasteiger partial charge in [-0.15, -0.1) is 0 Å². The van der Waals surface area contributed by atoms with E-state index in [4.69, 9.17) is 27.1 Å². The fraction of sp³-hybridized carbons (Fsp3) is 0.440. The van der Waals surface area contributed by atoms with Crippen LogP contribution in [0.5, 0.6) is 0 Å². The number of hydrogen-bond acceptors (Lipinski definition) is 8. The minimum atomic E-state index is -4.64. The predicted molar refractivity (Wildman–Crippen MR) is 136 cm³/mol. The van der Waals surface area contributed by atoms with Crippen LogP contribution in [0.2, 0.25) is 5.02 Å². The van der Waals surface area contributed by atoms with Crippen LogP contribution in [-0.4, -0.2) is 77.7 Å². The SMILES string of the molecule is N[C@H]1CCN(c2ccc3c(C(=O)NCC(c4cnc(C(F)(F)F)nc4)N4CCOCC4)c(Cl)ccc3n2)C1. The number of carbonyl (C=O) groups excluding carboxylic acids is 1. The first-order chi connectivity index (χ1) is 18.2. The normalized spacial score (nSPS) is 19.6. The highest BCUT2D eigenvalue weighted by molar-refractivity contribution is 6.35. The van der Waals surface area contributed by atoms with Gasteiger partial charge in [-0.05, 0) is 30.7 Å². The van der Waals surface area contributed by atoms with Gasteiger partial charge in [0.25, 0.3) is 5.91 Å². The average Bonchev–Trinajstić information content (AvgIpc) is 3.35. The van der Waals surface area contributed by atoms with Gasteiger partial charge in [-0.1, -0.05) is 11.6 Å². The van der Waals surface area contributed by atoms with Crippen LogP contribution >= 0.6 is 11.6 Å². The van der Waals surface area contributed by atoms with E-state index < -0.39 is 23.9 Å². The first-order valence-electron chi connectivity index (χ1n) is 12.3. The number of pyridine rings is 1. The van der Waals surface area contributed by atoms with E-state index in [9.17, 15) is 18.0 Å². The van der Waals surface area contributed by atoms with E-state index in [2.05, 4.69) is 20.2 Å². The molecule has 4 heterocycles.